The summed E-state index contributed by atoms with van der Waals surface area (Å²) in [6.45, 7) is 4.76. The number of halogens is 1. The highest BCUT2D eigenvalue weighted by molar-refractivity contribution is 5.22. The standard InChI is InChI=1S/C18H26FN/c1-18(2)11-3-4-16(12-18)20-17(13-5-6-13)14-7-9-15(19)10-8-14/h7-10,13,16-17,20H,3-6,11-12H2,1-2H3. The van der Waals surface area contributed by atoms with Crippen molar-refractivity contribution in [3.63, 3.8) is 0 Å². The SMILES string of the molecule is CC1(C)CCCC(NC(c2ccc(F)cc2)C2CC2)C1. The number of benzene rings is 1. The van der Waals surface area contributed by atoms with Crippen LogP contribution in [-0.2, 0) is 0 Å². The van der Waals surface area contributed by atoms with Gasteiger partial charge >= 0.3 is 0 Å². The fourth-order valence-electron chi connectivity index (χ4n) is 3.70. The first-order valence-electron chi connectivity index (χ1n) is 8.05. The predicted octanol–water partition coefficient (Wildman–Crippen LogP) is 4.84. The minimum atomic E-state index is -0.137. The Labute approximate surface area is 122 Å². The Balaban J connectivity index is 1.70. The van der Waals surface area contributed by atoms with Crippen LogP contribution in [0.15, 0.2) is 24.3 Å². The van der Waals surface area contributed by atoms with Gasteiger partial charge < -0.3 is 5.32 Å². The lowest BCUT2D eigenvalue weighted by Gasteiger charge is -2.37. The molecule has 20 heavy (non-hydrogen) atoms. The van der Waals surface area contributed by atoms with Crippen molar-refractivity contribution < 1.29 is 4.39 Å². The molecule has 0 spiro atoms. The molecule has 1 aromatic carbocycles. The van der Waals surface area contributed by atoms with Gasteiger partial charge in [-0.3, -0.25) is 0 Å². The third kappa shape index (κ3) is 3.41. The van der Waals surface area contributed by atoms with Gasteiger partial charge in [-0.05, 0) is 61.1 Å². The number of rotatable bonds is 4. The number of nitrogens with one attached hydrogen (secondary N) is 1. The number of hydrogen-bond donors (Lipinski definition) is 1. The molecule has 2 heteroatoms. The lowest BCUT2D eigenvalue weighted by molar-refractivity contribution is 0.185. The van der Waals surface area contributed by atoms with Gasteiger partial charge in [0.05, 0.1) is 0 Å². The van der Waals surface area contributed by atoms with Gasteiger partial charge in [0.15, 0.2) is 0 Å². The Kier molecular flexibility index (Phi) is 3.85. The predicted molar refractivity (Wildman–Crippen MR) is 81.0 cm³/mol. The Morgan fingerprint density at radius 1 is 1.15 bits per heavy atom. The van der Waals surface area contributed by atoms with E-state index in [2.05, 4.69) is 19.2 Å². The van der Waals surface area contributed by atoms with Gasteiger partial charge in [-0.1, -0.05) is 32.4 Å². The summed E-state index contributed by atoms with van der Waals surface area (Å²) in [4.78, 5) is 0. The molecule has 1 N–H and O–H groups in total. The van der Waals surface area contributed by atoms with E-state index in [1.54, 1.807) is 12.1 Å². The van der Waals surface area contributed by atoms with Gasteiger partial charge in [0.1, 0.15) is 5.82 Å². The van der Waals surface area contributed by atoms with Crippen molar-refractivity contribution in [2.75, 3.05) is 0 Å². The van der Waals surface area contributed by atoms with Crippen LogP contribution in [0.4, 0.5) is 4.39 Å². The maximum atomic E-state index is 13.1. The van der Waals surface area contributed by atoms with Crippen molar-refractivity contribution in [2.45, 2.75) is 64.5 Å². The molecule has 0 heterocycles. The van der Waals surface area contributed by atoms with Crippen molar-refractivity contribution in [3.05, 3.63) is 35.6 Å². The van der Waals surface area contributed by atoms with E-state index in [0.717, 1.165) is 5.92 Å². The average Bonchev–Trinajstić information content (AvgIpc) is 3.20. The molecular weight excluding hydrogens is 249 g/mol. The highest BCUT2D eigenvalue weighted by Crippen LogP contribution is 2.43. The van der Waals surface area contributed by atoms with Gasteiger partial charge in [-0.15, -0.1) is 0 Å². The minimum absolute atomic E-state index is 0.137. The first-order chi connectivity index (χ1) is 9.53. The zero-order valence-corrected chi connectivity index (χ0v) is 12.7. The van der Waals surface area contributed by atoms with E-state index in [-0.39, 0.29) is 5.82 Å². The molecule has 2 unspecified atom stereocenters. The van der Waals surface area contributed by atoms with Crippen molar-refractivity contribution in [3.8, 4) is 0 Å². The van der Waals surface area contributed by atoms with Crippen LogP contribution in [-0.4, -0.2) is 6.04 Å². The molecule has 0 radical (unpaired) electrons. The fourth-order valence-corrected chi connectivity index (χ4v) is 3.70. The molecular formula is C18H26FN. The second-order valence-corrected chi connectivity index (χ2v) is 7.49. The maximum absolute atomic E-state index is 13.1. The van der Waals surface area contributed by atoms with Crippen molar-refractivity contribution in [1.29, 1.82) is 0 Å². The molecule has 0 aliphatic heterocycles. The molecule has 0 bridgehead atoms. The van der Waals surface area contributed by atoms with E-state index in [1.807, 2.05) is 12.1 Å². The Bertz CT molecular complexity index is 447. The molecule has 0 aromatic heterocycles. The highest BCUT2D eigenvalue weighted by atomic mass is 19.1. The first-order valence-corrected chi connectivity index (χ1v) is 8.05. The summed E-state index contributed by atoms with van der Waals surface area (Å²) in [5.74, 6) is 0.618. The lowest BCUT2D eigenvalue weighted by Crippen LogP contribution is -2.40. The Morgan fingerprint density at radius 2 is 1.85 bits per heavy atom. The average molecular weight is 275 g/mol. The molecule has 1 aromatic rings. The largest absolute Gasteiger partial charge is 0.307 e. The van der Waals surface area contributed by atoms with Crippen molar-refractivity contribution in [1.82, 2.24) is 5.32 Å². The first kappa shape index (κ1) is 14.1. The third-order valence-corrected chi connectivity index (χ3v) is 4.94. The van der Waals surface area contributed by atoms with Crippen LogP contribution in [0.5, 0.6) is 0 Å². The van der Waals surface area contributed by atoms with Gasteiger partial charge in [0, 0.05) is 12.1 Å². The third-order valence-electron chi connectivity index (χ3n) is 4.94. The zero-order chi connectivity index (χ0) is 14.2. The Morgan fingerprint density at radius 3 is 2.45 bits per heavy atom. The van der Waals surface area contributed by atoms with Crippen LogP contribution in [0, 0.1) is 17.2 Å². The van der Waals surface area contributed by atoms with E-state index >= 15 is 0 Å². The van der Waals surface area contributed by atoms with E-state index in [9.17, 15) is 4.39 Å². The summed E-state index contributed by atoms with van der Waals surface area (Å²) < 4.78 is 13.1. The molecule has 2 aliphatic carbocycles. The monoisotopic (exact) mass is 275 g/mol. The van der Waals surface area contributed by atoms with Crippen molar-refractivity contribution in [2.24, 2.45) is 11.3 Å². The zero-order valence-electron chi connectivity index (χ0n) is 12.7. The summed E-state index contributed by atoms with van der Waals surface area (Å²) in [6.07, 6.45) is 7.84. The molecule has 0 saturated heterocycles. The summed E-state index contributed by atoms with van der Waals surface area (Å²) >= 11 is 0. The van der Waals surface area contributed by atoms with Gasteiger partial charge in [0.25, 0.3) is 0 Å². The summed E-state index contributed by atoms with van der Waals surface area (Å²) in [7, 11) is 0. The van der Waals surface area contributed by atoms with E-state index in [0.29, 0.717) is 17.5 Å². The smallest absolute Gasteiger partial charge is 0.123 e. The minimum Gasteiger partial charge on any atom is -0.307 e. The summed E-state index contributed by atoms with van der Waals surface area (Å²) in [5.41, 5.74) is 1.73. The van der Waals surface area contributed by atoms with E-state index in [4.69, 9.17) is 0 Å². The lowest BCUT2D eigenvalue weighted by atomic mass is 9.75. The molecule has 2 saturated carbocycles. The summed E-state index contributed by atoms with van der Waals surface area (Å²) in [5, 5.41) is 3.89. The van der Waals surface area contributed by atoms with E-state index in [1.165, 1.54) is 44.1 Å². The van der Waals surface area contributed by atoms with Crippen LogP contribution in [0.25, 0.3) is 0 Å². The van der Waals surface area contributed by atoms with Gasteiger partial charge in [-0.2, -0.15) is 0 Å². The van der Waals surface area contributed by atoms with Crippen LogP contribution in [0.1, 0.15) is 64.0 Å². The topological polar surface area (TPSA) is 12.0 Å². The molecule has 3 rings (SSSR count). The number of hydrogen-bond acceptors (Lipinski definition) is 1. The molecule has 2 atom stereocenters. The second-order valence-electron chi connectivity index (χ2n) is 7.49. The summed E-state index contributed by atoms with van der Waals surface area (Å²) in [6, 6.07) is 8.15. The molecule has 110 valence electrons. The molecule has 1 nitrogen and oxygen atoms in total. The van der Waals surface area contributed by atoms with Crippen LogP contribution < -0.4 is 5.32 Å². The van der Waals surface area contributed by atoms with Gasteiger partial charge in [0.2, 0.25) is 0 Å². The van der Waals surface area contributed by atoms with E-state index < -0.39 is 0 Å². The molecule has 2 aliphatic rings. The second kappa shape index (κ2) is 5.48. The van der Waals surface area contributed by atoms with Crippen molar-refractivity contribution >= 4 is 0 Å². The van der Waals surface area contributed by atoms with Gasteiger partial charge in [-0.25, -0.2) is 4.39 Å². The van der Waals surface area contributed by atoms with Crippen LogP contribution in [0.3, 0.4) is 0 Å². The van der Waals surface area contributed by atoms with Crippen LogP contribution in [0.2, 0.25) is 0 Å². The Hall–Kier alpha value is -0.890. The highest BCUT2D eigenvalue weighted by Gasteiger charge is 2.36. The fraction of sp³-hybridized carbons (Fsp3) is 0.667. The molecule has 0 amide bonds. The van der Waals surface area contributed by atoms with Crippen LogP contribution >= 0.6 is 0 Å². The maximum Gasteiger partial charge on any atom is 0.123 e. The quantitative estimate of drug-likeness (QED) is 0.829. The normalized spacial score (nSPS) is 27.2. The molecule has 2 fully saturated rings.